The zero-order chi connectivity index (χ0) is 13.9. The molecule has 1 N–H and O–H groups in total. The topological polar surface area (TPSA) is 70.0 Å². The van der Waals surface area contributed by atoms with E-state index in [1.807, 2.05) is 25.1 Å². The first kappa shape index (κ1) is 13.7. The van der Waals surface area contributed by atoms with Crippen molar-refractivity contribution in [2.45, 2.75) is 18.4 Å². The van der Waals surface area contributed by atoms with Gasteiger partial charge in [0.2, 0.25) is 10.0 Å². The number of thiophene rings is 1. The Hall–Kier alpha value is -1.68. The van der Waals surface area contributed by atoms with Crippen LogP contribution in [0.5, 0.6) is 0 Å². The quantitative estimate of drug-likeness (QED) is 0.940. The van der Waals surface area contributed by atoms with Gasteiger partial charge in [-0.2, -0.15) is 5.26 Å². The Balaban J connectivity index is 2.11. The van der Waals surface area contributed by atoms with E-state index in [9.17, 15) is 8.42 Å². The van der Waals surface area contributed by atoms with Crippen LogP contribution >= 0.6 is 11.3 Å². The van der Waals surface area contributed by atoms with Crippen molar-refractivity contribution in [3.05, 3.63) is 51.7 Å². The van der Waals surface area contributed by atoms with Crippen LogP contribution in [0.1, 0.15) is 15.3 Å². The van der Waals surface area contributed by atoms with E-state index in [0.717, 1.165) is 9.75 Å². The highest BCUT2D eigenvalue weighted by Gasteiger charge is 2.13. The molecule has 1 heterocycles. The summed E-state index contributed by atoms with van der Waals surface area (Å²) < 4.78 is 26.6. The Morgan fingerprint density at radius 1 is 1.21 bits per heavy atom. The van der Waals surface area contributed by atoms with E-state index in [-0.39, 0.29) is 11.4 Å². The summed E-state index contributed by atoms with van der Waals surface area (Å²) in [6.45, 7) is 2.25. The number of nitrogens with one attached hydrogen (secondary N) is 1. The molecule has 98 valence electrons. The number of nitrogens with zero attached hydrogens (tertiary/aromatic N) is 1. The van der Waals surface area contributed by atoms with Gasteiger partial charge in [0.15, 0.2) is 0 Å². The number of aryl methyl sites for hydroxylation is 1. The lowest BCUT2D eigenvalue weighted by Crippen LogP contribution is -2.22. The Morgan fingerprint density at radius 3 is 2.42 bits per heavy atom. The van der Waals surface area contributed by atoms with Crippen LogP contribution in [-0.2, 0) is 16.6 Å². The van der Waals surface area contributed by atoms with Crippen LogP contribution in [0.25, 0.3) is 0 Å². The molecule has 0 fully saturated rings. The molecule has 6 heteroatoms. The fourth-order valence-electron chi connectivity index (χ4n) is 1.54. The Labute approximate surface area is 116 Å². The summed E-state index contributed by atoms with van der Waals surface area (Å²) in [6.07, 6.45) is 0. The Kier molecular flexibility index (Phi) is 4.00. The van der Waals surface area contributed by atoms with E-state index in [4.69, 9.17) is 5.26 Å². The minimum absolute atomic E-state index is 0.166. The number of nitriles is 1. The van der Waals surface area contributed by atoms with E-state index in [2.05, 4.69) is 4.72 Å². The zero-order valence-electron chi connectivity index (χ0n) is 10.3. The Morgan fingerprint density at radius 2 is 1.89 bits per heavy atom. The van der Waals surface area contributed by atoms with Crippen molar-refractivity contribution in [2.24, 2.45) is 0 Å². The molecule has 0 bridgehead atoms. The van der Waals surface area contributed by atoms with Crippen molar-refractivity contribution < 1.29 is 8.42 Å². The van der Waals surface area contributed by atoms with Crippen LogP contribution in [0.15, 0.2) is 41.3 Å². The average Bonchev–Trinajstić information content (AvgIpc) is 2.82. The molecule has 0 aliphatic rings. The number of benzene rings is 1. The van der Waals surface area contributed by atoms with Gasteiger partial charge in [0.1, 0.15) is 0 Å². The fraction of sp³-hybridized carbons (Fsp3) is 0.154. The molecule has 0 aliphatic carbocycles. The lowest BCUT2D eigenvalue weighted by molar-refractivity contribution is 0.582. The molecule has 0 aliphatic heterocycles. The maximum absolute atomic E-state index is 12.0. The van der Waals surface area contributed by atoms with Gasteiger partial charge >= 0.3 is 0 Å². The molecule has 0 amide bonds. The van der Waals surface area contributed by atoms with Crippen LogP contribution < -0.4 is 4.72 Å². The van der Waals surface area contributed by atoms with Crippen LogP contribution in [0.4, 0.5) is 0 Å². The molecule has 0 spiro atoms. The van der Waals surface area contributed by atoms with Crippen LogP contribution in [-0.4, -0.2) is 8.42 Å². The second-order valence-electron chi connectivity index (χ2n) is 3.97. The number of hydrogen-bond donors (Lipinski definition) is 1. The highest BCUT2D eigenvalue weighted by atomic mass is 32.2. The van der Waals surface area contributed by atoms with Gasteiger partial charge in [-0.05, 0) is 43.3 Å². The number of rotatable bonds is 4. The summed E-state index contributed by atoms with van der Waals surface area (Å²) in [5.74, 6) is 0. The maximum Gasteiger partial charge on any atom is 0.240 e. The molecule has 0 atom stereocenters. The third kappa shape index (κ3) is 3.41. The van der Waals surface area contributed by atoms with Gasteiger partial charge in [-0.1, -0.05) is 0 Å². The predicted octanol–water partition coefficient (Wildman–Crippen LogP) is 2.41. The van der Waals surface area contributed by atoms with Gasteiger partial charge in [0.05, 0.1) is 16.5 Å². The molecule has 19 heavy (non-hydrogen) atoms. The van der Waals surface area contributed by atoms with Crippen molar-refractivity contribution >= 4 is 21.4 Å². The smallest absolute Gasteiger partial charge is 0.207 e. The van der Waals surface area contributed by atoms with Gasteiger partial charge in [-0.15, -0.1) is 11.3 Å². The van der Waals surface area contributed by atoms with E-state index >= 15 is 0 Å². The molecule has 0 radical (unpaired) electrons. The summed E-state index contributed by atoms with van der Waals surface area (Å²) in [5, 5.41) is 8.67. The minimum Gasteiger partial charge on any atom is -0.207 e. The van der Waals surface area contributed by atoms with Crippen molar-refractivity contribution in [3.63, 3.8) is 0 Å². The normalized spacial score (nSPS) is 11.2. The molecular formula is C13H12N2O2S2. The average molecular weight is 292 g/mol. The SMILES string of the molecule is Cc1ccc(CNS(=O)(=O)c2ccc(C#N)cc2)s1. The van der Waals surface area contributed by atoms with Crippen LogP contribution in [0.2, 0.25) is 0 Å². The zero-order valence-corrected chi connectivity index (χ0v) is 11.9. The minimum atomic E-state index is -3.53. The van der Waals surface area contributed by atoms with Gasteiger partial charge in [-0.25, -0.2) is 13.1 Å². The first-order chi connectivity index (χ1) is 9.01. The number of hydrogen-bond acceptors (Lipinski definition) is 4. The van der Waals surface area contributed by atoms with Crippen LogP contribution in [0.3, 0.4) is 0 Å². The van der Waals surface area contributed by atoms with E-state index < -0.39 is 10.0 Å². The van der Waals surface area contributed by atoms with Crippen molar-refractivity contribution in [1.29, 1.82) is 5.26 Å². The molecule has 1 aromatic carbocycles. The predicted molar refractivity (Wildman–Crippen MR) is 74.2 cm³/mol. The van der Waals surface area contributed by atoms with Gasteiger partial charge in [0.25, 0.3) is 0 Å². The summed E-state index contributed by atoms with van der Waals surface area (Å²) in [5.41, 5.74) is 0.438. The lowest BCUT2D eigenvalue weighted by Gasteiger charge is -2.05. The van der Waals surface area contributed by atoms with Crippen LogP contribution in [0, 0.1) is 18.3 Å². The molecule has 0 saturated carbocycles. The molecule has 2 aromatic rings. The third-order valence-corrected chi connectivity index (χ3v) is 4.94. The first-order valence-corrected chi connectivity index (χ1v) is 7.86. The first-order valence-electron chi connectivity index (χ1n) is 5.56. The standard InChI is InChI=1S/C13H12N2O2S2/c1-10-2-5-12(18-10)9-15-19(16,17)13-6-3-11(8-14)4-7-13/h2-7,15H,9H2,1H3. The monoisotopic (exact) mass is 292 g/mol. The summed E-state index contributed by atoms with van der Waals surface area (Å²) in [6, 6.07) is 11.7. The summed E-state index contributed by atoms with van der Waals surface area (Å²) in [7, 11) is -3.53. The highest BCUT2D eigenvalue weighted by molar-refractivity contribution is 7.89. The maximum atomic E-state index is 12.0. The lowest BCUT2D eigenvalue weighted by atomic mass is 10.2. The molecule has 0 saturated heterocycles. The van der Waals surface area contributed by atoms with E-state index in [1.54, 1.807) is 11.3 Å². The van der Waals surface area contributed by atoms with Gasteiger partial charge in [-0.3, -0.25) is 0 Å². The molecule has 2 rings (SSSR count). The molecule has 1 aromatic heterocycles. The van der Waals surface area contributed by atoms with Gasteiger partial charge in [0, 0.05) is 16.3 Å². The van der Waals surface area contributed by atoms with E-state index in [0.29, 0.717) is 5.56 Å². The summed E-state index contributed by atoms with van der Waals surface area (Å²) >= 11 is 1.56. The van der Waals surface area contributed by atoms with Crippen molar-refractivity contribution in [3.8, 4) is 6.07 Å². The third-order valence-electron chi connectivity index (χ3n) is 2.53. The van der Waals surface area contributed by atoms with Gasteiger partial charge < -0.3 is 0 Å². The van der Waals surface area contributed by atoms with Crippen molar-refractivity contribution in [2.75, 3.05) is 0 Å². The largest absolute Gasteiger partial charge is 0.240 e. The molecular weight excluding hydrogens is 280 g/mol. The van der Waals surface area contributed by atoms with E-state index in [1.165, 1.54) is 24.3 Å². The number of sulfonamides is 1. The Bertz CT molecular complexity index is 710. The fourth-order valence-corrected chi connectivity index (χ4v) is 3.47. The second kappa shape index (κ2) is 5.53. The highest BCUT2D eigenvalue weighted by Crippen LogP contribution is 2.16. The van der Waals surface area contributed by atoms with Crippen molar-refractivity contribution in [1.82, 2.24) is 4.72 Å². The molecule has 0 unspecified atom stereocenters. The summed E-state index contributed by atoms with van der Waals surface area (Å²) in [4.78, 5) is 2.28. The molecule has 4 nitrogen and oxygen atoms in total. The second-order valence-corrected chi connectivity index (χ2v) is 7.11.